The fraction of sp³-hybridized carbons (Fsp3) is 0. The Balaban J connectivity index is 1.93. The van der Waals surface area contributed by atoms with Crippen LogP contribution in [0.4, 0.5) is 15.8 Å². The molecule has 0 spiro atoms. The third kappa shape index (κ3) is 2.23. The normalized spacial score (nSPS) is 10.7. The van der Waals surface area contributed by atoms with Gasteiger partial charge in [0.15, 0.2) is 0 Å². The molecule has 1 amide bonds. The van der Waals surface area contributed by atoms with Crippen molar-refractivity contribution in [3.05, 3.63) is 59.2 Å². The van der Waals surface area contributed by atoms with E-state index >= 15 is 0 Å². The molecule has 2 aromatic carbocycles. The number of anilines is 2. The molecule has 0 saturated heterocycles. The number of fused-ring (bicyclic) bond motifs is 1. The summed E-state index contributed by atoms with van der Waals surface area (Å²) in [5.41, 5.74) is 5.90. The Morgan fingerprint density at radius 2 is 1.95 bits per heavy atom. The molecule has 0 fully saturated rings. The highest BCUT2D eigenvalue weighted by Crippen LogP contribution is 2.27. The zero-order valence-electron chi connectivity index (χ0n) is 10.4. The molecule has 20 heavy (non-hydrogen) atoms. The number of nitrogen functional groups attached to an aromatic ring is 1. The molecule has 3 nitrogen and oxygen atoms in total. The zero-order chi connectivity index (χ0) is 14.1. The van der Waals surface area contributed by atoms with Gasteiger partial charge in [-0.2, -0.15) is 0 Å². The first-order valence-electron chi connectivity index (χ1n) is 5.99. The Hall–Kier alpha value is -2.40. The van der Waals surface area contributed by atoms with Crippen LogP contribution in [-0.4, -0.2) is 5.91 Å². The lowest BCUT2D eigenvalue weighted by molar-refractivity contribution is 0.103. The Morgan fingerprint density at radius 1 is 1.15 bits per heavy atom. The number of benzene rings is 2. The second kappa shape index (κ2) is 4.94. The maximum absolute atomic E-state index is 13.6. The molecule has 3 aromatic rings. The van der Waals surface area contributed by atoms with E-state index in [0.29, 0.717) is 4.88 Å². The second-order valence-electron chi connectivity index (χ2n) is 4.31. The highest BCUT2D eigenvalue weighted by atomic mass is 32.1. The number of rotatable bonds is 2. The standard InChI is InChI=1S/C15H11FN2OS/c16-10-5-3-6-11(17)14(10)18-15(19)13-8-9-4-1-2-7-12(9)20-13/h1-8H,17H2,(H,18,19). The Bertz CT molecular complexity index is 744. The van der Waals surface area contributed by atoms with Gasteiger partial charge in [0.05, 0.1) is 10.6 Å². The number of halogens is 1. The van der Waals surface area contributed by atoms with Crippen LogP contribution < -0.4 is 11.1 Å². The minimum absolute atomic E-state index is 0.0231. The van der Waals surface area contributed by atoms with Crippen LogP contribution in [0.5, 0.6) is 0 Å². The van der Waals surface area contributed by atoms with E-state index in [1.807, 2.05) is 24.3 Å². The highest BCUT2D eigenvalue weighted by molar-refractivity contribution is 7.20. The van der Waals surface area contributed by atoms with Gasteiger partial charge in [0, 0.05) is 4.70 Å². The van der Waals surface area contributed by atoms with Crippen LogP contribution in [0.2, 0.25) is 0 Å². The first-order valence-corrected chi connectivity index (χ1v) is 6.81. The third-order valence-corrected chi connectivity index (χ3v) is 4.05. The van der Waals surface area contributed by atoms with E-state index in [9.17, 15) is 9.18 Å². The number of thiophene rings is 1. The molecule has 100 valence electrons. The van der Waals surface area contributed by atoms with Gasteiger partial charge in [0.1, 0.15) is 11.5 Å². The molecule has 0 aliphatic rings. The minimum Gasteiger partial charge on any atom is -0.397 e. The average Bonchev–Trinajstić information content (AvgIpc) is 2.87. The largest absolute Gasteiger partial charge is 0.397 e. The van der Waals surface area contributed by atoms with Crippen molar-refractivity contribution in [1.82, 2.24) is 0 Å². The topological polar surface area (TPSA) is 55.1 Å². The summed E-state index contributed by atoms with van der Waals surface area (Å²) in [6.07, 6.45) is 0. The summed E-state index contributed by atoms with van der Waals surface area (Å²) in [7, 11) is 0. The van der Waals surface area contributed by atoms with Gasteiger partial charge >= 0.3 is 0 Å². The highest BCUT2D eigenvalue weighted by Gasteiger charge is 2.14. The van der Waals surface area contributed by atoms with Crippen LogP contribution >= 0.6 is 11.3 Å². The Morgan fingerprint density at radius 3 is 2.70 bits per heavy atom. The number of hydrogen-bond acceptors (Lipinski definition) is 3. The number of nitrogens with two attached hydrogens (primary N) is 1. The Labute approximate surface area is 118 Å². The summed E-state index contributed by atoms with van der Waals surface area (Å²) in [5.74, 6) is -0.900. The molecule has 3 N–H and O–H groups in total. The smallest absolute Gasteiger partial charge is 0.265 e. The molecule has 1 heterocycles. The zero-order valence-corrected chi connectivity index (χ0v) is 11.2. The first-order chi connectivity index (χ1) is 9.65. The van der Waals surface area contributed by atoms with E-state index in [0.717, 1.165) is 10.1 Å². The molecular formula is C15H11FN2OS. The number of hydrogen-bond donors (Lipinski definition) is 2. The van der Waals surface area contributed by atoms with Crippen molar-refractivity contribution in [3.8, 4) is 0 Å². The Kier molecular flexibility index (Phi) is 3.12. The molecule has 0 radical (unpaired) electrons. The van der Waals surface area contributed by atoms with Crippen molar-refractivity contribution in [2.75, 3.05) is 11.1 Å². The molecule has 0 bridgehead atoms. The lowest BCUT2D eigenvalue weighted by atomic mass is 10.2. The van der Waals surface area contributed by atoms with Crippen LogP contribution in [0.25, 0.3) is 10.1 Å². The van der Waals surface area contributed by atoms with Gasteiger partial charge in [-0.1, -0.05) is 24.3 Å². The molecule has 5 heteroatoms. The van der Waals surface area contributed by atoms with E-state index in [-0.39, 0.29) is 17.3 Å². The van der Waals surface area contributed by atoms with Crippen LogP contribution in [0.1, 0.15) is 9.67 Å². The van der Waals surface area contributed by atoms with Crippen LogP contribution in [0.3, 0.4) is 0 Å². The van der Waals surface area contributed by atoms with Gasteiger partial charge < -0.3 is 11.1 Å². The van der Waals surface area contributed by atoms with Gasteiger partial charge in [-0.25, -0.2) is 4.39 Å². The van der Waals surface area contributed by atoms with E-state index in [1.54, 1.807) is 12.1 Å². The lowest BCUT2D eigenvalue weighted by Gasteiger charge is -2.07. The third-order valence-electron chi connectivity index (χ3n) is 2.93. The molecule has 0 unspecified atom stereocenters. The van der Waals surface area contributed by atoms with Crippen LogP contribution in [-0.2, 0) is 0 Å². The van der Waals surface area contributed by atoms with Gasteiger partial charge in [0.25, 0.3) is 5.91 Å². The first kappa shape index (κ1) is 12.6. The van der Waals surface area contributed by atoms with E-state index < -0.39 is 5.82 Å². The van der Waals surface area contributed by atoms with Crippen molar-refractivity contribution in [1.29, 1.82) is 0 Å². The van der Waals surface area contributed by atoms with Crippen molar-refractivity contribution < 1.29 is 9.18 Å². The van der Waals surface area contributed by atoms with Crippen LogP contribution in [0.15, 0.2) is 48.5 Å². The average molecular weight is 286 g/mol. The van der Waals surface area contributed by atoms with Crippen LogP contribution in [0, 0.1) is 5.82 Å². The number of carbonyl (C=O) groups excluding carboxylic acids is 1. The molecule has 0 atom stereocenters. The molecular weight excluding hydrogens is 275 g/mol. The quantitative estimate of drug-likeness (QED) is 0.702. The summed E-state index contributed by atoms with van der Waals surface area (Å²) in [5, 5.41) is 3.52. The number of nitrogens with one attached hydrogen (secondary N) is 1. The monoisotopic (exact) mass is 286 g/mol. The molecule has 3 rings (SSSR count). The van der Waals surface area contributed by atoms with E-state index in [4.69, 9.17) is 5.73 Å². The minimum atomic E-state index is -0.542. The van der Waals surface area contributed by atoms with Gasteiger partial charge in [-0.3, -0.25) is 4.79 Å². The molecule has 0 saturated carbocycles. The van der Waals surface area contributed by atoms with Crippen molar-refractivity contribution in [2.24, 2.45) is 0 Å². The van der Waals surface area contributed by atoms with Gasteiger partial charge in [-0.15, -0.1) is 11.3 Å². The fourth-order valence-corrected chi connectivity index (χ4v) is 2.90. The van der Waals surface area contributed by atoms with Gasteiger partial charge in [-0.05, 0) is 29.7 Å². The predicted molar refractivity (Wildman–Crippen MR) is 80.6 cm³/mol. The maximum Gasteiger partial charge on any atom is 0.265 e. The van der Waals surface area contributed by atoms with Gasteiger partial charge in [0.2, 0.25) is 0 Å². The summed E-state index contributed by atoms with van der Waals surface area (Å²) < 4.78 is 14.7. The van der Waals surface area contributed by atoms with E-state index in [2.05, 4.69) is 5.32 Å². The number of amides is 1. The van der Waals surface area contributed by atoms with Crippen molar-refractivity contribution >= 4 is 38.7 Å². The van der Waals surface area contributed by atoms with Crippen molar-refractivity contribution in [3.63, 3.8) is 0 Å². The predicted octanol–water partition coefficient (Wildman–Crippen LogP) is 3.87. The molecule has 0 aliphatic heterocycles. The summed E-state index contributed by atoms with van der Waals surface area (Å²) >= 11 is 1.36. The number of para-hydroxylation sites is 1. The van der Waals surface area contributed by atoms with Crippen molar-refractivity contribution in [2.45, 2.75) is 0 Å². The number of carbonyl (C=O) groups is 1. The summed E-state index contributed by atoms with van der Waals surface area (Å²) in [4.78, 5) is 12.7. The second-order valence-corrected chi connectivity index (χ2v) is 5.39. The van der Waals surface area contributed by atoms with E-state index in [1.165, 1.54) is 23.5 Å². The molecule has 1 aromatic heterocycles. The molecule has 0 aliphatic carbocycles. The summed E-state index contributed by atoms with van der Waals surface area (Å²) in [6.45, 7) is 0. The maximum atomic E-state index is 13.6. The lowest BCUT2D eigenvalue weighted by Crippen LogP contribution is -2.13. The SMILES string of the molecule is Nc1cccc(F)c1NC(=O)c1cc2ccccc2s1. The fourth-order valence-electron chi connectivity index (χ4n) is 1.94. The summed E-state index contributed by atoms with van der Waals surface area (Å²) in [6, 6.07) is 13.8.